The zero-order valence-electron chi connectivity index (χ0n) is 11.3. The number of allylic oxidation sites excluding steroid dienone is 4. The SMILES string of the molecule is CC(C)CC1=C2C=CC=C2C(=O)C(C)(O)C12CC2. The van der Waals surface area contributed by atoms with Crippen LogP contribution < -0.4 is 0 Å². The van der Waals surface area contributed by atoms with Crippen LogP contribution in [-0.4, -0.2) is 16.5 Å². The molecular formula is C16H20O2. The van der Waals surface area contributed by atoms with Crippen LogP contribution in [0.5, 0.6) is 0 Å². The number of ketones is 1. The molecule has 0 saturated heterocycles. The molecule has 1 atom stereocenters. The fraction of sp³-hybridized carbons (Fsp3) is 0.562. The molecule has 0 radical (unpaired) electrons. The number of fused-ring (bicyclic) bond motifs is 1. The van der Waals surface area contributed by atoms with E-state index >= 15 is 0 Å². The molecule has 2 nitrogen and oxygen atoms in total. The Balaban J connectivity index is 2.18. The van der Waals surface area contributed by atoms with Gasteiger partial charge in [-0.2, -0.15) is 0 Å². The Labute approximate surface area is 108 Å². The van der Waals surface area contributed by atoms with Gasteiger partial charge >= 0.3 is 0 Å². The van der Waals surface area contributed by atoms with Crippen molar-refractivity contribution in [2.75, 3.05) is 0 Å². The molecule has 1 fully saturated rings. The molecule has 0 aliphatic heterocycles. The Morgan fingerprint density at radius 3 is 2.61 bits per heavy atom. The van der Waals surface area contributed by atoms with Crippen LogP contribution >= 0.6 is 0 Å². The van der Waals surface area contributed by atoms with Gasteiger partial charge in [-0.05, 0) is 37.7 Å². The largest absolute Gasteiger partial charge is 0.381 e. The van der Waals surface area contributed by atoms with Crippen LogP contribution in [0.3, 0.4) is 0 Å². The van der Waals surface area contributed by atoms with E-state index in [9.17, 15) is 9.90 Å². The van der Waals surface area contributed by atoms with Crippen molar-refractivity contribution in [2.24, 2.45) is 11.3 Å². The molecule has 0 aromatic heterocycles. The monoisotopic (exact) mass is 244 g/mol. The minimum Gasteiger partial charge on any atom is -0.381 e. The Hall–Kier alpha value is -1.15. The second-order valence-electron chi connectivity index (χ2n) is 6.41. The van der Waals surface area contributed by atoms with Gasteiger partial charge in [0, 0.05) is 11.0 Å². The van der Waals surface area contributed by atoms with Gasteiger partial charge in [-0.15, -0.1) is 0 Å². The van der Waals surface area contributed by atoms with Crippen LogP contribution in [-0.2, 0) is 4.79 Å². The van der Waals surface area contributed by atoms with Crippen LogP contribution in [0, 0.1) is 11.3 Å². The third kappa shape index (κ3) is 1.30. The van der Waals surface area contributed by atoms with Crippen molar-refractivity contribution in [1.29, 1.82) is 0 Å². The van der Waals surface area contributed by atoms with Crippen LogP contribution in [0.2, 0.25) is 0 Å². The summed E-state index contributed by atoms with van der Waals surface area (Å²) in [6, 6.07) is 0. The maximum absolute atomic E-state index is 12.4. The molecule has 2 heteroatoms. The summed E-state index contributed by atoms with van der Waals surface area (Å²) in [5.74, 6) is 0.455. The highest BCUT2D eigenvalue weighted by molar-refractivity contribution is 6.09. The van der Waals surface area contributed by atoms with Crippen LogP contribution in [0.4, 0.5) is 0 Å². The predicted molar refractivity (Wildman–Crippen MR) is 71.0 cm³/mol. The molecule has 96 valence electrons. The first-order valence-electron chi connectivity index (χ1n) is 6.80. The van der Waals surface area contributed by atoms with E-state index in [4.69, 9.17) is 0 Å². The Kier molecular flexibility index (Phi) is 2.28. The molecule has 3 rings (SSSR count). The lowest BCUT2D eigenvalue weighted by atomic mass is 9.66. The Bertz CT molecular complexity index is 511. The number of aliphatic hydroxyl groups is 1. The highest BCUT2D eigenvalue weighted by Crippen LogP contribution is 2.65. The van der Waals surface area contributed by atoms with Gasteiger partial charge in [-0.25, -0.2) is 0 Å². The third-order valence-electron chi connectivity index (χ3n) is 4.70. The number of rotatable bonds is 2. The number of hydrogen-bond donors (Lipinski definition) is 1. The van der Waals surface area contributed by atoms with E-state index in [2.05, 4.69) is 13.8 Å². The van der Waals surface area contributed by atoms with E-state index in [0.717, 1.165) is 24.8 Å². The summed E-state index contributed by atoms with van der Waals surface area (Å²) in [5.41, 5.74) is 1.64. The first-order chi connectivity index (χ1) is 8.40. The Morgan fingerprint density at radius 2 is 2.06 bits per heavy atom. The van der Waals surface area contributed by atoms with Gasteiger partial charge < -0.3 is 5.11 Å². The molecule has 0 amide bonds. The van der Waals surface area contributed by atoms with Gasteiger partial charge in [-0.3, -0.25) is 4.79 Å². The smallest absolute Gasteiger partial charge is 0.195 e. The fourth-order valence-corrected chi connectivity index (χ4v) is 3.54. The topological polar surface area (TPSA) is 37.3 Å². The standard InChI is InChI=1S/C16H20O2/c1-10(2)9-13-11-5-4-6-12(11)14(17)15(3,18)16(13)7-8-16/h4-6,10,18H,7-9H2,1-3H3. The second kappa shape index (κ2) is 3.45. The molecule has 1 saturated carbocycles. The van der Waals surface area contributed by atoms with Crippen LogP contribution in [0.1, 0.15) is 40.0 Å². The maximum Gasteiger partial charge on any atom is 0.195 e. The average molecular weight is 244 g/mol. The van der Waals surface area contributed by atoms with E-state index in [1.54, 1.807) is 6.92 Å². The molecule has 1 N–H and O–H groups in total. The molecule has 0 aromatic carbocycles. The highest BCUT2D eigenvalue weighted by atomic mass is 16.3. The molecule has 0 bridgehead atoms. The fourth-order valence-electron chi connectivity index (χ4n) is 3.54. The summed E-state index contributed by atoms with van der Waals surface area (Å²) < 4.78 is 0. The highest BCUT2D eigenvalue weighted by Gasteiger charge is 2.65. The first kappa shape index (κ1) is 11.9. The molecule has 0 aromatic rings. The third-order valence-corrected chi connectivity index (χ3v) is 4.70. The lowest BCUT2D eigenvalue weighted by molar-refractivity contribution is -0.137. The lowest BCUT2D eigenvalue weighted by Crippen LogP contribution is -2.49. The van der Waals surface area contributed by atoms with Crippen molar-refractivity contribution in [3.63, 3.8) is 0 Å². The lowest BCUT2D eigenvalue weighted by Gasteiger charge is -2.40. The summed E-state index contributed by atoms with van der Waals surface area (Å²) in [6.07, 6.45) is 8.68. The number of Topliss-reactive ketones (excluding diaryl/α,β-unsaturated/α-hetero) is 1. The first-order valence-corrected chi connectivity index (χ1v) is 6.80. The zero-order valence-corrected chi connectivity index (χ0v) is 11.3. The van der Waals surface area contributed by atoms with Crippen molar-refractivity contribution in [3.8, 4) is 0 Å². The van der Waals surface area contributed by atoms with Gasteiger partial charge in [0.15, 0.2) is 5.78 Å². The maximum atomic E-state index is 12.4. The molecule has 3 aliphatic rings. The van der Waals surface area contributed by atoms with Crippen molar-refractivity contribution in [2.45, 2.75) is 45.6 Å². The predicted octanol–water partition coefficient (Wildman–Crippen LogP) is 2.94. The number of carbonyl (C=O) groups excluding carboxylic acids is 1. The summed E-state index contributed by atoms with van der Waals surface area (Å²) >= 11 is 0. The van der Waals surface area contributed by atoms with Crippen molar-refractivity contribution in [3.05, 3.63) is 34.9 Å². The van der Waals surface area contributed by atoms with E-state index in [0.29, 0.717) is 11.5 Å². The molecule has 1 spiro atoms. The van der Waals surface area contributed by atoms with Crippen molar-refractivity contribution >= 4 is 5.78 Å². The molecule has 3 aliphatic carbocycles. The quantitative estimate of drug-likeness (QED) is 0.811. The van der Waals surface area contributed by atoms with E-state index < -0.39 is 5.60 Å². The average Bonchev–Trinajstić information content (AvgIpc) is 2.95. The van der Waals surface area contributed by atoms with Gasteiger partial charge in [0.1, 0.15) is 5.60 Å². The van der Waals surface area contributed by atoms with Gasteiger partial charge in [0.25, 0.3) is 0 Å². The summed E-state index contributed by atoms with van der Waals surface area (Å²) in [6.45, 7) is 6.09. The molecular weight excluding hydrogens is 224 g/mol. The second-order valence-corrected chi connectivity index (χ2v) is 6.41. The van der Waals surface area contributed by atoms with Crippen LogP contribution in [0.15, 0.2) is 34.9 Å². The zero-order chi connectivity index (χ0) is 13.1. The van der Waals surface area contributed by atoms with Crippen LogP contribution in [0.25, 0.3) is 0 Å². The minimum atomic E-state index is -1.21. The van der Waals surface area contributed by atoms with E-state index in [-0.39, 0.29) is 11.2 Å². The molecule has 18 heavy (non-hydrogen) atoms. The summed E-state index contributed by atoms with van der Waals surface area (Å²) in [7, 11) is 0. The van der Waals surface area contributed by atoms with E-state index in [1.807, 2.05) is 18.2 Å². The number of carbonyl (C=O) groups is 1. The van der Waals surface area contributed by atoms with Gasteiger partial charge in [0.2, 0.25) is 0 Å². The van der Waals surface area contributed by atoms with Gasteiger partial charge in [-0.1, -0.05) is 37.6 Å². The minimum absolute atomic E-state index is 0.0903. The van der Waals surface area contributed by atoms with Crippen molar-refractivity contribution < 1.29 is 9.90 Å². The van der Waals surface area contributed by atoms with Gasteiger partial charge in [0.05, 0.1) is 0 Å². The summed E-state index contributed by atoms with van der Waals surface area (Å²) in [5, 5.41) is 10.7. The normalized spacial score (nSPS) is 32.3. The Morgan fingerprint density at radius 1 is 1.39 bits per heavy atom. The molecule has 1 unspecified atom stereocenters. The van der Waals surface area contributed by atoms with E-state index in [1.165, 1.54) is 5.57 Å². The number of hydrogen-bond acceptors (Lipinski definition) is 2. The van der Waals surface area contributed by atoms with Crippen molar-refractivity contribution in [1.82, 2.24) is 0 Å². The summed E-state index contributed by atoms with van der Waals surface area (Å²) in [4.78, 5) is 12.4. The molecule has 0 heterocycles.